The van der Waals surface area contributed by atoms with Crippen LogP contribution in [0.25, 0.3) is 10.9 Å². The number of pyridine rings is 2. The van der Waals surface area contributed by atoms with E-state index in [1.165, 1.54) is 12.8 Å². The SMILES string of the molecule is NCCC1CCN(c2nc(N3CCOCC3)cc3ncccc23)CC1. The lowest BCUT2D eigenvalue weighted by molar-refractivity contribution is 0.122. The van der Waals surface area contributed by atoms with Gasteiger partial charge in [-0.1, -0.05) is 0 Å². The Balaban J connectivity index is 1.64. The number of aromatic nitrogens is 2. The Bertz CT molecular complexity index is 708. The molecule has 2 aromatic heterocycles. The number of ether oxygens (including phenoxy) is 1. The third-order valence-electron chi connectivity index (χ3n) is 5.39. The van der Waals surface area contributed by atoms with Crippen LogP contribution in [0.15, 0.2) is 24.4 Å². The second-order valence-electron chi connectivity index (χ2n) is 6.98. The van der Waals surface area contributed by atoms with Crippen molar-refractivity contribution >= 4 is 22.5 Å². The van der Waals surface area contributed by atoms with Gasteiger partial charge in [-0.2, -0.15) is 0 Å². The van der Waals surface area contributed by atoms with Crippen molar-refractivity contribution in [1.29, 1.82) is 0 Å². The van der Waals surface area contributed by atoms with Gasteiger partial charge in [0.2, 0.25) is 0 Å². The highest BCUT2D eigenvalue weighted by Gasteiger charge is 2.23. The summed E-state index contributed by atoms with van der Waals surface area (Å²) in [6.07, 6.45) is 5.39. The summed E-state index contributed by atoms with van der Waals surface area (Å²) >= 11 is 0. The Morgan fingerprint density at radius 1 is 1.12 bits per heavy atom. The first kappa shape index (κ1) is 16.5. The molecule has 2 saturated heterocycles. The summed E-state index contributed by atoms with van der Waals surface area (Å²) in [6.45, 7) is 6.21. The Kier molecular flexibility index (Phi) is 4.99. The number of piperidine rings is 1. The molecule has 2 N–H and O–H groups in total. The lowest BCUT2D eigenvalue weighted by Crippen LogP contribution is -2.38. The van der Waals surface area contributed by atoms with Crippen molar-refractivity contribution in [2.45, 2.75) is 19.3 Å². The first-order valence-corrected chi connectivity index (χ1v) is 9.38. The lowest BCUT2D eigenvalue weighted by atomic mass is 9.93. The van der Waals surface area contributed by atoms with Gasteiger partial charge in [0.25, 0.3) is 0 Å². The van der Waals surface area contributed by atoms with Gasteiger partial charge in [0.05, 0.1) is 18.7 Å². The van der Waals surface area contributed by atoms with Crippen LogP contribution in [0.1, 0.15) is 19.3 Å². The third-order valence-corrected chi connectivity index (χ3v) is 5.39. The van der Waals surface area contributed by atoms with Gasteiger partial charge in [-0.15, -0.1) is 0 Å². The van der Waals surface area contributed by atoms with Crippen LogP contribution in [0.3, 0.4) is 0 Å². The second-order valence-corrected chi connectivity index (χ2v) is 6.98. The van der Waals surface area contributed by atoms with Crippen molar-refractivity contribution in [3.63, 3.8) is 0 Å². The second kappa shape index (κ2) is 7.54. The van der Waals surface area contributed by atoms with E-state index in [2.05, 4.69) is 26.9 Å². The summed E-state index contributed by atoms with van der Waals surface area (Å²) < 4.78 is 5.48. The Hall–Kier alpha value is -1.92. The van der Waals surface area contributed by atoms with Crippen LogP contribution in [0, 0.1) is 5.92 Å². The minimum Gasteiger partial charge on any atom is -0.378 e. The van der Waals surface area contributed by atoms with E-state index in [4.69, 9.17) is 15.5 Å². The Morgan fingerprint density at radius 3 is 2.68 bits per heavy atom. The zero-order valence-electron chi connectivity index (χ0n) is 14.7. The molecule has 0 unspecified atom stereocenters. The van der Waals surface area contributed by atoms with Gasteiger partial charge in [-0.3, -0.25) is 4.98 Å². The summed E-state index contributed by atoms with van der Waals surface area (Å²) in [4.78, 5) is 14.4. The van der Waals surface area contributed by atoms with E-state index in [1.807, 2.05) is 12.3 Å². The molecule has 0 radical (unpaired) electrons. The molecule has 0 spiro atoms. The largest absolute Gasteiger partial charge is 0.378 e. The molecular formula is C19H27N5O. The first-order valence-electron chi connectivity index (χ1n) is 9.38. The van der Waals surface area contributed by atoms with Crippen molar-refractivity contribution < 1.29 is 4.74 Å². The van der Waals surface area contributed by atoms with Crippen LogP contribution < -0.4 is 15.5 Å². The van der Waals surface area contributed by atoms with Crippen LogP contribution in [0.4, 0.5) is 11.6 Å². The molecule has 0 bridgehead atoms. The van der Waals surface area contributed by atoms with Crippen molar-refractivity contribution in [1.82, 2.24) is 9.97 Å². The molecule has 0 amide bonds. The smallest absolute Gasteiger partial charge is 0.140 e. The molecule has 0 aromatic carbocycles. The third kappa shape index (κ3) is 3.55. The molecule has 6 heteroatoms. The number of hydrogen-bond acceptors (Lipinski definition) is 6. The number of rotatable bonds is 4. The molecule has 0 saturated carbocycles. The molecule has 25 heavy (non-hydrogen) atoms. The van der Waals surface area contributed by atoms with Crippen LogP contribution in [0.2, 0.25) is 0 Å². The number of hydrogen-bond donors (Lipinski definition) is 1. The topological polar surface area (TPSA) is 67.5 Å². The van der Waals surface area contributed by atoms with Crippen LogP contribution in [-0.2, 0) is 4.74 Å². The van der Waals surface area contributed by atoms with Gasteiger partial charge in [0, 0.05) is 43.8 Å². The van der Waals surface area contributed by atoms with E-state index < -0.39 is 0 Å². The van der Waals surface area contributed by atoms with Gasteiger partial charge in [0.15, 0.2) is 0 Å². The summed E-state index contributed by atoms with van der Waals surface area (Å²) in [7, 11) is 0. The van der Waals surface area contributed by atoms with Gasteiger partial charge < -0.3 is 20.3 Å². The van der Waals surface area contributed by atoms with E-state index in [0.29, 0.717) is 0 Å². The maximum Gasteiger partial charge on any atom is 0.140 e. The molecule has 0 aliphatic carbocycles. The molecule has 2 aromatic rings. The summed E-state index contributed by atoms with van der Waals surface area (Å²) in [5, 5.41) is 1.15. The average molecular weight is 341 g/mol. The molecule has 2 aliphatic heterocycles. The fourth-order valence-electron chi connectivity index (χ4n) is 3.91. The maximum atomic E-state index is 5.73. The highest BCUT2D eigenvalue weighted by molar-refractivity contribution is 5.91. The molecule has 6 nitrogen and oxygen atoms in total. The quantitative estimate of drug-likeness (QED) is 0.918. The number of anilines is 2. The molecular weight excluding hydrogens is 314 g/mol. The minimum atomic E-state index is 0.757. The van der Waals surface area contributed by atoms with E-state index in [9.17, 15) is 0 Å². The van der Waals surface area contributed by atoms with Crippen LogP contribution in [0.5, 0.6) is 0 Å². The fraction of sp³-hybridized carbons (Fsp3) is 0.579. The monoisotopic (exact) mass is 341 g/mol. The molecule has 4 heterocycles. The molecule has 134 valence electrons. The normalized spacial score (nSPS) is 19.6. The van der Waals surface area contributed by atoms with Crippen LogP contribution in [-0.4, -0.2) is 55.9 Å². The minimum absolute atomic E-state index is 0.757. The molecule has 2 fully saturated rings. The number of nitrogens with zero attached hydrogens (tertiary/aromatic N) is 4. The predicted octanol–water partition coefficient (Wildman–Crippen LogP) is 2.03. The average Bonchev–Trinajstić information content (AvgIpc) is 2.69. The summed E-state index contributed by atoms with van der Waals surface area (Å²) in [5.41, 5.74) is 6.76. The Morgan fingerprint density at radius 2 is 1.92 bits per heavy atom. The van der Waals surface area contributed by atoms with Gasteiger partial charge in [-0.25, -0.2) is 4.98 Å². The molecule has 2 aliphatic rings. The highest BCUT2D eigenvalue weighted by atomic mass is 16.5. The van der Waals surface area contributed by atoms with Crippen molar-refractivity contribution in [2.24, 2.45) is 11.7 Å². The molecule has 0 atom stereocenters. The highest BCUT2D eigenvalue weighted by Crippen LogP contribution is 2.31. The number of fused-ring (bicyclic) bond motifs is 1. The van der Waals surface area contributed by atoms with E-state index in [1.54, 1.807) is 0 Å². The van der Waals surface area contributed by atoms with Gasteiger partial charge in [-0.05, 0) is 43.9 Å². The Labute approximate surface area is 149 Å². The first-order chi connectivity index (χ1) is 12.3. The summed E-state index contributed by atoms with van der Waals surface area (Å²) in [5.74, 6) is 2.86. The van der Waals surface area contributed by atoms with Crippen LogP contribution >= 0.6 is 0 Å². The van der Waals surface area contributed by atoms with Gasteiger partial charge in [0.1, 0.15) is 11.6 Å². The van der Waals surface area contributed by atoms with E-state index in [0.717, 1.165) is 80.8 Å². The zero-order valence-corrected chi connectivity index (χ0v) is 14.7. The summed E-state index contributed by atoms with van der Waals surface area (Å²) in [6, 6.07) is 6.26. The number of morpholine rings is 1. The van der Waals surface area contributed by atoms with E-state index >= 15 is 0 Å². The predicted molar refractivity (Wildman–Crippen MR) is 101 cm³/mol. The lowest BCUT2D eigenvalue weighted by Gasteiger charge is -2.34. The van der Waals surface area contributed by atoms with E-state index in [-0.39, 0.29) is 0 Å². The maximum absolute atomic E-state index is 5.73. The van der Waals surface area contributed by atoms with Crippen molar-refractivity contribution in [3.8, 4) is 0 Å². The molecule has 4 rings (SSSR count). The fourth-order valence-corrected chi connectivity index (χ4v) is 3.91. The van der Waals surface area contributed by atoms with Gasteiger partial charge >= 0.3 is 0 Å². The van der Waals surface area contributed by atoms with Crippen molar-refractivity contribution in [3.05, 3.63) is 24.4 Å². The zero-order chi connectivity index (χ0) is 17.1. The number of nitrogens with two attached hydrogens (primary N) is 1. The standard InChI is InChI=1S/C19H27N5O/c20-6-3-15-4-8-24(9-5-15)19-16-2-1-7-21-17(16)14-18(22-19)23-10-12-25-13-11-23/h1-2,7,14-15H,3-6,8-13,20H2. The van der Waals surface area contributed by atoms with Crippen molar-refractivity contribution in [2.75, 3.05) is 55.7 Å².